The van der Waals surface area contributed by atoms with Crippen molar-refractivity contribution in [3.63, 3.8) is 0 Å². The summed E-state index contributed by atoms with van der Waals surface area (Å²) in [7, 11) is -3.85. The van der Waals surface area contributed by atoms with Crippen molar-refractivity contribution < 1.29 is 13.2 Å². The molecule has 1 fully saturated rings. The first-order valence-corrected chi connectivity index (χ1v) is 14.6. The minimum absolute atomic E-state index is 0.0137. The fraction of sp³-hybridized carbons (Fsp3) is 0.455. The molecule has 190 valence electrons. The number of thiophene rings is 1. The minimum atomic E-state index is -3.85. The smallest absolute Gasteiger partial charge is 0.332 e. The molecule has 0 aromatic carbocycles. The van der Waals surface area contributed by atoms with Crippen molar-refractivity contribution in [3.05, 3.63) is 60.4 Å². The van der Waals surface area contributed by atoms with E-state index in [-0.39, 0.29) is 22.7 Å². The van der Waals surface area contributed by atoms with Crippen LogP contribution >= 0.6 is 22.7 Å². The normalized spacial score (nSPS) is 16.9. The Morgan fingerprint density at radius 2 is 1.97 bits per heavy atom. The summed E-state index contributed by atoms with van der Waals surface area (Å²) in [5.41, 5.74) is 0.0413. The minimum Gasteiger partial charge on any atom is -0.373 e. The number of nitrogens with zero attached hydrogens (tertiary/aromatic N) is 5. The highest BCUT2D eigenvalue weighted by Crippen LogP contribution is 2.37. The van der Waals surface area contributed by atoms with Crippen LogP contribution in [0.5, 0.6) is 0 Å². The Hall–Kier alpha value is -2.65. The van der Waals surface area contributed by atoms with E-state index in [4.69, 9.17) is 4.74 Å². The van der Waals surface area contributed by atoms with Crippen molar-refractivity contribution in [2.75, 3.05) is 6.61 Å². The highest BCUT2D eigenvalue weighted by atomic mass is 32.2. The summed E-state index contributed by atoms with van der Waals surface area (Å²) in [5.74, 6) is 0. The Labute approximate surface area is 214 Å². The van der Waals surface area contributed by atoms with Gasteiger partial charge in [-0.3, -0.25) is 18.6 Å². The van der Waals surface area contributed by atoms with Gasteiger partial charge in [-0.2, -0.15) is 5.10 Å². The van der Waals surface area contributed by atoms with Gasteiger partial charge in [-0.1, -0.05) is 0 Å². The van der Waals surface area contributed by atoms with Crippen molar-refractivity contribution in [2.45, 2.75) is 62.7 Å². The van der Waals surface area contributed by atoms with E-state index in [1.807, 2.05) is 24.6 Å². The molecule has 0 spiro atoms. The molecule has 0 bridgehead atoms. The van der Waals surface area contributed by atoms with Crippen LogP contribution in [0.2, 0.25) is 0 Å². The standard InChI is InChI=1S/C22H24N6O5S3/c1-13-23-9-16(34-13)11-26-19(29)17-8-18(36(31,32)25-22(2)3-4-22)35-20(17)27(21(26)30)10-14-7-15-12-33-6-5-28(15)24-14/h7-9,25H,3-6,10-12H2,1-2H3. The molecule has 5 heterocycles. The first kappa shape index (κ1) is 23.7. The van der Waals surface area contributed by atoms with Crippen molar-refractivity contribution in [1.29, 1.82) is 0 Å². The average Bonchev–Trinajstić information content (AvgIpc) is 3.21. The van der Waals surface area contributed by atoms with Crippen LogP contribution in [0, 0.1) is 6.92 Å². The Morgan fingerprint density at radius 1 is 1.17 bits per heavy atom. The van der Waals surface area contributed by atoms with Crippen LogP contribution in [0.25, 0.3) is 10.2 Å². The van der Waals surface area contributed by atoms with Gasteiger partial charge in [0.15, 0.2) is 0 Å². The Balaban J connectivity index is 1.50. The van der Waals surface area contributed by atoms with Crippen LogP contribution in [-0.4, -0.2) is 44.5 Å². The third-order valence-corrected chi connectivity index (χ3v) is 10.6. The van der Waals surface area contributed by atoms with E-state index >= 15 is 0 Å². The number of ether oxygens (including phenoxy) is 1. The van der Waals surface area contributed by atoms with Crippen LogP contribution in [0.15, 0.2) is 32.1 Å². The molecule has 1 aliphatic heterocycles. The largest absolute Gasteiger partial charge is 0.373 e. The van der Waals surface area contributed by atoms with Gasteiger partial charge >= 0.3 is 5.69 Å². The molecule has 14 heteroatoms. The van der Waals surface area contributed by atoms with Gasteiger partial charge in [0.25, 0.3) is 15.6 Å². The second-order valence-electron chi connectivity index (χ2n) is 9.46. The molecular weight excluding hydrogens is 524 g/mol. The topological polar surface area (TPSA) is 130 Å². The predicted molar refractivity (Wildman–Crippen MR) is 135 cm³/mol. The number of nitrogens with one attached hydrogen (secondary N) is 1. The number of fused-ring (bicyclic) bond motifs is 2. The summed E-state index contributed by atoms with van der Waals surface area (Å²) in [6.45, 7) is 5.48. The number of sulfonamides is 1. The van der Waals surface area contributed by atoms with E-state index < -0.39 is 26.8 Å². The van der Waals surface area contributed by atoms with Crippen LogP contribution in [0.3, 0.4) is 0 Å². The Bertz CT molecular complexity index is 1700. The van der Waals surface area contributed by atoms with Gasteiger partial charge in [0.05, 0.1) is 54.6 Å². The zero-order chi connectivity index (χ0) is 25.2. The van der Waals surface area contributed by atoms with Crippen LogP contribution in [-0.2, 0) is 41.0 Å². The summed E-state index contributed by atoms with van der Waals surface area (Å²) in [6.07, 6.45) is 3.17. The second kappa shape index (κ2) is 8.45. The molecule has 1 saturated carbocycles. The molecule has 1 aliphatic carbocycles. The van der Waals surface area contributed by atoms with E-state index in [1.165, 1.54) is 22.0 Å². The lowest BCUT2D eigenvalue weighted by atomic mass is 10.3. The molecule has 6 rings (SSSR count). The van der Waals surface area contributed by atoms with E-state index in [2.05, 4.69) is 14.8 Å². The van der Waals surface area contributed by atoms with Crippen LogP contribution in [0.4, 0.5) is 0 Å². The number of hydrogen-bond acceptors (Lipinski definition) is 9. The Kier molecular flexibility index (Phi) is 5.57. The van der Waals surface area contributed by atoms with E-state index in [1.54, 1.807) is 6.20 Å². The molecule has 0 amide bonds. The number of aromatic nitrogens is 5. The number of hydrogen-bond donors (Lipinski definition) is 1. The zero-order valence-corrected chi connectivity index (χ0v) is 22.1. The van der Waals surface area contributed by atoms with Gasteiger partial charge in [0.1, 0.15) is 9.04 Å². The van der Waals surface area contributed by atoms with Crippen LogP contribution < -0.4 is 16.0 Å². The molecule has 4 aromatic heterocycles. The lowest BCUT2D eigenvalue weighted by Gasteiger charge is -2.13. The molecule has 0 saturated heterocycles. The number of aryl methyl sites for hydroxylation is 1. The highest BCUT2D eigenvalue weighted by molar-refractivity contribution is 7.91. The van der Waals surface area contributed by atoms with Crippen molar-refractivity contribution >= 4 is 42.9 Å². The molecule has 11 nitrogen and oxygen atoms in total. The van der Waals surface area contributed by atoms with Gasteiger partial charge in [-0.05, 0) is 38.8 Å². The molecule has 0 unspecified atom stereocenters. The first-order valence-electron chi connectivity index (χ1n) is 11.5. The van der Waals surface area contributed by atoms with Gasteiger partial charge in [0, 0.05) is 16.6 Å². The first-order chi connectivity index (χ1) is 17.1. The fourth-order valence-electron chi connectivity index (χ4n) is 4.28. The molecule has 1 N–H and O–H groups in total. The maximum absolute atomic E-state index is 13.7. The zero-order valence-electron chi connectivity index (χ0n) is 19.7. The molecule has 0 atom stereocenters. The van der Waals surface area contributed by atoms with Gasteiger partial charge < -0.3 is 4.74 Å². The Morgan fingerprint density at radius 3 is 2.67 bits per heavy atom. The molecule has 0 radical (unpaired) electrons. The van der Waals surface area contributed by atoms with Gasteiger partial charge in [-0.25, -0.2) is 22.9 Å². The lowest BCUT2D eigenvalue weighted by Crippen LogP contribution is -2.40. The summed E-state index contributed by atoms with van der Waals surface area (Å²) >= 11 is 2.34. The van der Waals surface area contributed by atoms with E-state index in [9.17, 15) is 18.0 Å². The molecule has 36 heavy (non-hydrogen) atoms. The third-order valence-electron chi connectivity index (χ3n) is 6.43. The maximum atomic E-state index is 13.7. The van der Waals surface area contributed by atoms with E-state index in [0.29, 0.717) is 30.3 Å². The summed E-state index contributed by atoms with van der Waals surface area (Å²) in [6, 6.07) is 3.26. The highest BCUT2D eigenvalue weighted by Gasteiger charge is 2.42. The van der Waals surface area contributed by atoms with Gasteiger partial charge in [-0.15, -0.1) is 22.7 Å². The van der Waals surface area contributed by atoms with Gasteiger partial charge in [0.2, 0.25) is 0 Å². The monoisotopic (exact) mass is 548 g/mol. The molecule has 2 aliphatic rings. The SMILES string of the molecule is Cc1ncc(Cn2c(=O)c3cc(S(=O)(=O)NC4(C)CC4)sc3n(Cc3cc4n(n3)CCOC4)c2=O)s1. The number of thiazole rings is 1. The third kappa shape index (κ3) is 4.26. The summed E-state index contributed by atoms with van der Waals surface area (Å²) < 4.78 is 38.9. The van der Waals surface area contributed by atoms with Crippen molar-refractivity contribution in [1.82, 2.24) is 28.6 Å². The summed E-state index contributed by atoms with van der Waals surface area (Å²) in [4.78, 5) is 32.4. The predicted octanol–water partition coefficient (Wildman–Crippen LogP) is 1.64. The van der Waals surface area contributed by atoms with Crippen molar-refractivity contribution in [3.8, 4) is 0 Å². The second-order valence-corrected chi connectivity index (χ2v) is 13.7. The van der Waals surface area contributed by atoms with Crippen molar-refractivity contribution in [2.24, 2.45) is 0 Å². The molecular formula is C22H24N6O5S3. The maximum Gasteiger partial charge on any atom is 0.332 e. The quantitative estimate of drug-likeness (QED) is 0.372. The van der Waals surface area contributed by atoms with Crippen LogP contribution in [0.1, 0.15) is 41.0 Å². The number of rotatable bonds is 7. The fourth-order valence-corrected chi connectivity index (χ4v) is 7.97. The summed E-state index contributed by atoms with van der Waals surface area (Å²) in [5, 5.41) is 5.62. The lowest BCUT2D eigenvalue weighted by molar-refractivity contribution is 0.0800. The van der Waals surface area contributed by atoms with E-state index in [0.717, 1.165) is 44.3 Å². The average molecular weight is 549 g/mol. The molecule has 4 aromatic rings.